The number of imidazole rings is 1. The Kier molecular flexibility index (Phi) is 8.16. The highest BCUT2D eigenvalue weighted by atomic mass is 32.2. The van der Waals surface area contributed by atoms with Crippen LogP contribution in [0.15, 0.2) is 51.4 Å². The molecule has 4 heterocycles. The molecule has 0 spiro atoms. The van der Waals surface area contributed by atoms with Gasteiger partial charge in [0.05, 0.1) is 27.7 Å². The minimum atomic E-state index is -2.91. The lowest BCUT2D eigenvalue weighted by Crippen LogP contribution is -2.43. The molecule has 1 aliphatic heterocycles. The number of aromatic amines is 1. The van der Waals surface area contributed by atoms with Gasteiger partial charge in [0.2, 0.25) is 0 Å². The van der Waals surface area contributed by atoms with Gasteiger partial charge in [0.25, 0.3) is 5.91 Å². The van der Waals surface area contributed by atoms with Crippen LogP contribution in [0.25, 0.3) is 11.0 Å². The van der Waals surface area contributed by atoms with Crippen molar-refractivity contribution in [1.29, 1.82) is 0 Å². The van der Waals surface area contributed by atoms with E-state index in [1.807, 2.05) is 0 Å². The molecular weight excluding hydrogens is 556 g/mol. The van der Waals surface area contributed by atoms with Crippen LogP contribution in [0.2, 0.25) is 0 Å². The van der Waals surface area contributed by atoms with E-state index < -0.39 is 17.6 Å². The normalized spacial score (nSPS) is 15.2. The third kappa shape index (κ3) is 6.46. The van der Waals surface area contributed by atoms with E-state index in [0.29, 0.717) is 32.0 Å². The van der Waals surface area contributed by atoms with Crippen molar-refractivity contribution in [3.05, 3.63) is 47.6 Å². The Morgan fingerprint density at radius 3 is 2.87 bits per heavy atom. The zero-order valence-corrected chi connectivity index (χ0v) is 22.5. The number of pyridine rings is 1. The molecule has 3 N–H and O–H groups in total. The number of anilines is 2. The first kappa shape index (κ1) is 26.5. The Morgan fingerprint density at radius 1 is 1.29 bits per heavy atom. The molecule has 0 radical (unpaired) electrons. The Labute approximate surface area is 227 Å². The summed E-state index contributed by atoms with van der Waals surface area (Å²) in [6, 6.07) is 8.21. The zero-order valence-electron chi connectivity index (χ0n) is 20.0. The minimum Gasteiger partial charge on any atom is -0.435 e. The van der Waals surface area contributed by atoms with Crippen LogP contribution in [0, 0.1) is 0 Å². The number of aromatic nitrogens is 4. The predicted molar refractivity (Wildman–Crippen MR) is 144 cm³/mol. The summed E-state index contributed by atoms with van der Waals surface area (Å²) in [7, 11) is -1.06. The molecule has 1 atom stereocenters. The number of ether oxygens (including phenoxy) is 1. The van der Waals surface area contributed by atoms with Crippen LogP contribution in [0.1, 0.15) is 23.3 Å². The maximum absolute atomic E-state index is 13.0. The number of hydrogen-bond acceptors (Lipinski definition) is 9. The van der Waals surface area contributed by atoms with E-state index in [9.17, 15) is 17.8 Å². The first-order valence-corrected chi connectivity index (χ1v) is 14.8. The van der Waals surface area contributed by atoms with Gasteiger partial charge < -0.3 is 19.9 Å². The van der Waals surface area contributed by atoms with E-state index in [-0.39, 0.29) is 23.4 Å². The summed E-state index contributed by atoms with van der Waals surface area (Å²) in [6.07, 6.45) is 4.95. The van der Waals surface area contributed by atoms with Crippen LogP contribution in [-0.2, 0) is 11.0 Å². The van der Waals surface area contributed by atoms with Gasteiger partial charge >= 0.3 is 6.61 Å². The number of amides is 1. The van der Waals surface area contributed by atoms with E-state index in [0.717, 1.165) is 25.9 Å². The monoisotopic (exact) mass is 579 g/mol. The molecule has 15 heteroatoms. The molecule has 4 aromatic rings. The van der Waals surface area contributed by atoms with Crippen molar-refractivity contribution in [3.63, 3.8) is 0 Å². The summed E-state index contributed by atoms with van der Waals surface area (Å²) in [6.45, 7) is -1.46. The van der Waals surface area contributed by atoms with Gasteiger partial charge in [-0.15, -0.1) is 11.3 Å². The number of nitrogens with one attached hydrogen (secondary N) is 3. The van der Waals surface area contributed by atoms with Crippen LogP contribution in [-0.4, -0.2) is 62.1 Å². The molecule has 0 aliphatic carbocycles. The number of H-pyrrole nitrogens is 1. The Bertz CT molecular complexity index is 1460. The number of rotatable bonds is 9. The zero-order chi connectivity index (χ0) is 26.6. The van der Waals surface area contributed by atoms with Gasteiger partial charge in [0, 0.05) is 43.0 Å². The van der Waals surface area contributed by atoms with Crippen molar-refractivity contribution < 1.29 is 22.5 Å². The highest BCUT2D eigenvalue weighted by Gasteiger charge is 2.23. The van der Waals surface area contributed by atoms with Crippen LogP contribution >= 0.6 is 23.1 Å². The molecule has 5 rings (SSSR count). The van der Waals surface area contributed by atoms with Crippen molar-refractivity contribution in [1.82, 2.24) is 24.7 Å². The van der Waals surface area contributed by atoms with E-state index in [1.165, 1.54) is 35.2 Å². The summed E-state index contributed by atoms with van der Waals surface area (Å²) < 4.78 is 44.5. The lowest BCUT2D eigenvalue weighted by atomic mass is 10.1. The Balaban J connectivity index is 1.23. The second-order valence-corrected chi connectivity index (χ2v) is 11.6. The molecule has 0 saturated carbocycles. The number of carbonyl (C=O) groups is 1. The summed E-state index contributed by atoms with van der Waals surface area (Å²) in [5.74, 6) is 0.354. The topological polar surface area (TPSA) is 125 Å². The van der Waals surface area contributed by atoms with Crippen LogP contribution < -0.4 is 19.7 Å². The van der Waals surface area contributed by atoms with Crippen molar-refractivity contribution in [2.24, 2.45) is 0 Å². The van der Waals surface area contributed by atoms with Gasteiger partial charge in [-0.1, -0.05) is 0 Å². The molecule has 1 aliphatic rings. The third-order valence-corrected chi connectivity index (χ3v) is 8.21. The smallest absolute Gasteiger partial charge is 0.387 e. The molecule has 1 unspecified atom stereocenters. The number of halogens is 2. The summed E-state index contributed by atoms with van der Waals surface area (Å²) in [5, 5.41) is 5.09. The number of carbonyl (C=O) groups excluding carboxylic acids is 1. The summed E-state index contributed by atoms with van der Waals surface area (Å²) in [5.41, 5.74) is 1.98. The van der Waals surface area contributed by atoms with E-state index >= 15 is 0 Å². The van der Waals surface area contributed by atoms with Crippen molar-refractivity contribution >= 4 is 62.5 Å². The molecule has 200 valence electrons. The Hall–Kier alpha value is -3.14. The average Bonchev–Trinajstić information content (AvgIpc) is 3.51. The highest BCUT2D eigenvalue weighted by molar-refractivity contribution is 8.00. The molecule has 10 nitrogen and oxygen atoms in total. The molecule has 1 aromatic carbocycles. The molecule has 1 saturated heterocycles. The first-order valence-electron chi connectivity index (χ1n) is 11.5. The van der Waals surface area contributed by atoms with Gasteiger partial charge in [0.15, 0.2) is 15.3 Å². The number of hydrogen-bond donors (Lipinski definition) is 3. The van der Waals surface area contributed by atoms with E-state index in [4.69, 9.17) is 0 Å². The quantitative estimate of drug-likeness (QED) is 0.269. The molecule has 0 bridgehead atoms. The van der Waals surface area contributed by atoms with Crippen molar-refractivity contribution in [3.8, 4) is 5.75 Å². The van der Waals surface area contributed by atoms with Crippen LogP contribution in [0.3, 0.4) is 0 Å². The standard InChI is InChI=1S/C23H23F2N7O3S3/c1-38(34)31-13-6-9-32(10-7-13)19-16(3-2-8-26-19)27-20(33)18-12-36-23(30-18)37-22-28-15-5-4-14(35-21(24)25)11-17(15)29-22/h2-5,8,11-13,21,31H,6-7,9-10H2,1H3,(H,27,33)(H,28,29). The number of alkyl halides is 2. The number of fused-ring (bicyclic) bond motifs is 1. The van der Waals surface area contributed by atoms with E-state index in [2.05, 4.69) is 39.6 Å². The number of piperidine rings is 1. The van der Waals surface area contributed by atoms with Gasteiger partial charge in [-0.25, -0.2) is 23.9 Å². The lowest BCUT2D eigenvalue weighted by molar-refractivity contribution is -0.0497. The fourth-order valence-corrected chi connectivity index (χ4v) is 6.47. The van der Waals surface area contributed by atoms with Gasteiger partial charge in [-0.3, -0.25) is 4.79 Å². The maximum atomic E-state index is 13.0. The lowest BCUT2D eigenvalue weighted by Gasteiger charge is -2.33. The van der Waals surface area contributed by atoms with Crippen LogP contribution in [0.4, 0.5) is 20.3 Å². The number of thiazole rings is 1. The molecule has 38 heavy (non-hydrogen) atoms. The second kappa shape index (κ2) is 11.7. The number of nitrogens with zero attached hydrogens (tertiary/aromatic N) is 4. The minimum absolute atomic E-state index is 0.0362. The largest absolute Gasteiger partial charge is 0.435 e. The van der Waals surface area contributed by atoms with Gasteiger partial charge in [-0.05, 0) is 48.9 Å². The third-order valence-electron chi connectivity index (χ3n) is 5.72. The predicted octanol–water partition coefficient (Wildman–Crippen LogP) is 4.27. The molecular formula is C23H23F2N7O3S3. The second-order valence-electron chi connectivity index (χ2n) is 8.36. The van der Waals surface area contributed by atoms with Crippen LogP contribution in [0.5, 0.6) is 5.75 Å². The summed E-state index contributed by atoms with van der Waals surface area (Å²) in [4.78, 5) is 31.5. The maximum Gasteiger partial charge on any atom is 0.387 e. The number of benzene rings is 1. The molecule has 1 fully saturated rings. The van der Waals surface area contributed by atoms with Crippen molar-refractivity contribution in [2.75, 3.05) is 29.6 Å². The SMILES string of the molecule is CS(=O)NC1CCN(c2ncccc2NC(=O)c2csc(Sc3nc4ccc(OC(F)F)cc4[nH]3)n2)CC1. The Morgan fingerprint density at radius 2 is 2.11 bits per heavy atom. The molecule has 3 aromatic heterocycles. The molecule has 1 amide bonds. The summed E-state index contributed by atoms with van der Waals surface area (Å²) >= 11 is 2.52. The van der Waals surface area contributed by atoms with Crippen molar-refractivity contribution in [2.45, 2.75) is 35.0 Å². The fraction of sp³-hybridized carbons (Fsp3) is 0.304. The fourth-order valence-electron chi connectivity index (χ4n) is 4.06. The highest BCUT2D eigenvalue weighted by Crippen LogP contribution is 2.32. The average molecular weight is 580 g/mol. The van der Waals surface area contributed by atoms with Gasteiger partial charge in [0.1, 0.15) is 11.4 Å². The first-order chi connectivity index (χ1) is 18.3. The van der Waals surface area contributed by atoms with E-state index in [1.54, 1.807) is 36.0 Å². The van der Waals surface area contributed by atoms with Gasteiger partial charge in [-0.2, -0.15) is 8.78 Å².